The highest BCUT2D eigenvalue weighted by atomic mass is 16.5. The van der Waals surface area contributed by atoms with Crippen molar-refractivity contribution in [2.45, 2.75) is 51.7 Å². The second-order valence-corrected chi connectivity index (χ2v) is 6.67. The first kappa shape index (κ1) is 16.7. The zero-order valence-electron chi connectivity index (χ0n) is 13.6. The van der Waals surface area contributed by atoms with Crippen LogP contribution < -0.4 is 10.6 Å². The van der Waals surface area contributed by atoms with Crippen molar-refractivity contribution < 1.29 is 9.53 Å². The van der Waals surface area contributed by atoms with E-state index in [1.165, 1.54) is 12.8 Å². The number of piperidine rings is 1. The average molecular weight is 297 g/mol. The standard InChI is InChI=1S/C16H31N3O2/c1-13(2)19(11-14-5-3-7-17-9-14)12-16(20)18-10-15-6-4-8-21-15/h13-15,17H,3-12H2,1-2H3,(H,18,20). The molecule has 2 rings (SSSR count). The number of carbonyl (C=O) groups excluding carboxylic acids is 1. The van der Waals surface area contributed by atoms with Crippen molar-refractivity contribution in [2.24, 2.45) is 5.92 Å². The van der Waals surface area contributed by atoms with Gasteiger partial charge in [-0.05, 0) is 58.5 Å². The van der Waals surface area contributed by atoms with Crippen molar-refractivity contribution in [3.63, 3.8) is 0 Å². The van der Waals surface area contributed by atoms with Crippen LogP contribution in [0.25, 0.3) is 0 Å². The highest BCUT2D eigenvalue weighted by molar-refractivity contribution is 5.78. The molecule has 0 aliphatic carbocycles. The van der Waals surface area contributed by atoms with Crippen LogP contribution in [0, 0.1) is 5.92 Å². The predicted molar refractivity (Wildman–Crippen MR) is 84.3 cm³/mol. The maximum absolute atomic E-state index is 12.1. The lowest BCUT2D eigenvalue weighted by Gasteiger charge is -2.32. The summed E-state index contributed by atoms with van der Waals surface area (Å²) in [6.07, 6.45) is 4.94. The molecule has 2 heterocycles. The third kappa shape index (κ3) is 5.93. The van der Waals surface area contributed by atoms with Crippen LogP contribution >= 0.6 is 0 Å². The van der Waals surface area contributed by atoms with Gasteiger partial charge in [0.15, 0.2) is 0 Å². The third-order valence-electron chi connectivity index (χ3n) is 4.52. The van der Waals surface area contributed by atoms with Crippen molar-refractivity contribution in [1.29, 1.82) is 0 Å². The number of rotatable bonds is 7. The van der Waals surface area contributed by atoms with E-state index in [1.807, 2.05) is 0 Å². The average Bonchev–Trinajstić information content (AvgIpc) is 2.99. The molecule has 2 N–H and O–H groups in total. The minimum absolute atomic E-state index is 0.128. The lowest BCUT2D eigenvalue weighted by molar-refractivity contribution is -0.123. The molecule has 5 nitrogen and oxygen atoms in total. The number of nitrogens with one attached hydrogen (secondary N) is 2. The predicted octanol–water partition coefficient (Wildman–Crippen LogP) is 0.992. The van der Waals surface area contributed by atoms with Crippen LogP contribution in [-0.2, 0) is 9.53 Å². The smallest absolute Gasteiger partial charge is 0.234 e. The molecule has 0 radical (unpaired) electrons. The molecule has 0 aromatic carbocycles. The molecular formula is C16H31N3O2. The van der Waals surface area contributed by atoms with Crippen molar-refractivity contribution in [3.05, 3.63) is 0 Å². The van der Waals surface area contributed by atoms with Crippen LogP contribution in [-0.4, -0.2) is 62.3 Å². The summed E-state index contributed by atoms with van der Waals surface area (Å²) in [7, 11) is 0. The van der Waals surface area contributed by atoms with Gasteiger partial charge in [0, 0.05) is 25.7 Å². The largest absolute Gasteiger partial charge is 0.376 e. The van der Waals surface area contributed by atoms with Crippen LogP contribution in [0.15, 0.2) is 0 Å². The van der Waals surface area contributed by atoms with Crippen molar-refractivity contribution in [2.75, 3.05) is 39.3 Å². The van der Waals surface area contributed by atoms with E-state index in [-0.39, 0.29) is 12.0 Å². The summed E-state index contributed by atoms with van der Waals surface area (Å²) >= 11 is 0. The number of nitrogens with zero attached hydrogens (tertiary/aromatic N) is 1. The molecule has 0 spiro atoms. The van der Waals surface area contributed by atoms with Gasteiger partial charge in [-0.2, -0.15) is 0 Å². The Labute approximate surface area is 128 Å². The molecule has 2 fully saturated rings. The highest BCUT2D eigenvalue weighted by Crippen LogP contribution is 2.14. The molecule has 0 saturated carbocycles. The Bertz CT molecular complexity index is 311. The first-order valence-electron chi connectivity index (χ1n) is 8.48. The van der Waals surface area contributed by atoms with E-state index in [1.54, 1.807) is 0 Å². The number of amides is 1. The molecule has 5 heteroatoms. The van der Waals surface area contributed by atoms with Gasteiger partial charge in [-0.15, -0.1) is 0 Å². The van der Waals surface area contributed by atoms with E-state index in [9.17, 15) is 4.79 Å². The fourth-order valence-corrected chi connectivity index (χ4v) is 3.14. The summed E-state index contributed by atoms with van der Waals surface area (Å²) in [4.78, 5) is 14.4. The van der Waals surface area contributed by atoms with Gasteiger partial charge in [0.1, 0.15) is 0 Å². The minimum atomic E-state index is 0.128. The molecule has 2 aliphatic heterocycles. The Morgan fingerprint density at radius 1 is 1.38 bits per heavy atom. The Balaban J connectivity index is 1.71. The monoisotopic (exact) mass is 297 g/mol. The fourth-order valence-electron chi connectivity index (χ4n) is 3.14. The second-order valence-electron chi connectivity index (χ2n) is 6.67. The lowest BCUT2D eigenvalue weighted by Crippen LogP contribution is -2.46. The first-order chi connectivity index (χ1) is 10.1. The Morgan fingerprint density at radius 3 is 2.86 bits per heavy atom. The molecule has 2 unspecified atom stereocenters. The second kappa shape index (κ2) is 8.71. The third-order valence-corrected chi connectivity index (χ3v) is 4.52. The van der Waals surface area contributed by atoms with Gasteiger partial charge in [0.05, 0.1) is 12.6 Å². The maximum Gasteiger partial charge on any atom is 0.234 e. The van der Waals surface area contributed by atoms with Gasteiger partial charge in [0.2, 0.25) is 5.91 Å². The van der Waals surface area contributed by atoms with E-state index >= 15 is 0 Å². The zero-order chi connectivity index (χ0) is 15.1. The van der Waals surface area contributed by atoms with E-state index in [0.29, 0.717) is 25.0 Å². The van der Waals surface area contributed by atoms with E-state index in [4.69, 9.17) is 4.74 Å². The van der Waals surface area contributed by atoms with Gasteiger partial charge in [-0.3, -0.25) is 9.69 Å². The summed E-state index contributed by atoms with van der Waals surface area (Å²) in [6, 6.07) is 0.403. The Hall–Kier alpha value is -0.650. The van der Waals surface area contributed by atoms with Crippen molar-refractivity contribution >= 4 is 5.91 Å². The molecule has 2 atom stereocenters. The van der Waals surface area contributed by atoms with Crippen LogP contribution in [0.1, 0.15) is 39.5 Å². The van der Waals surface area contributed by atoms with Gasteiger partial charge in [-0.25, -0.2) is 0 Å². The molecule has 0 aromatic rings. The van der Waals surface area contributed by atoms with Gasteiger partial charge >= 0.3 is 0 Å². The van der Waals surface area contributed by atoms with Crippen LogP contribution in [0.5, 0.6) is 0 Å². The van der Waals surface area contributed by atoms with Crippen LogP contribution in [0.3, 0.4) is 0 Å². The molecule has 0 aromatic heterocycles. The molecule has 21 heavy (non-hydrogen) atoms. The normalized spacial score (nSPS) is 26.5. The zero-order valence-corrected chi connectivity index (χ0v) is 13.6. The van der Waals surface area contributed by atoms with Gasteiger partial charge < -0.3 is 15.4 Å². The highest BCUT2D eigenvalue weighted by Gasteiger charge is 2.22. The van der Waals surface area contributed by atoms with E-state index < -0.39 is 0 Å². The molecule has 2 aliphatic rings. The fraction of sp³-hybridized carbons (Fsp3) is 0.938. The molecule has 0 bridgehead atoms. The van der Waals surface area contributed by atoms with E-state index in [0.717, 1.165) is 39.1 Å². The van der Waals surface area contributed by atoms with E-state index in [2.05, 4.69) is 29.4 Å². The lowest BCUT2D eigenvalue weighted by atomic mass is 9.98. The summed E-state index contributed by atoms with van der Waals surface area (Å²) < 4.78 is 5.54. The van der Waals surface area contributed by atoms with Gasteiger partial charge in [-0.1, -0.05) is 0 Å². The Morgan fingerprint density at radius 2 is 2.24 bits per heavy atom. The molecule has 122 valence electrons. The number of hydrogen-bond donors (Lipinski definition) is 2. The summed E-state index contributed by atoms with van der Waals surface area (Å²) in [6.45, 7) is 9.58. The Kier molecular flexibility index (Phi) is 6.93. The quantitative estimate of drug-likeness (QED) is 0.736. The van der Waals surface area contributed by atoms with Crippen LogP contribution in [0.4, 0.5) is 0 Å². The van der Waals surface area contributed by atoms with Crippen LogP contribution in [0.2, 0.25) is 0 Å². The number of hydrogen-bond acceptors (Lipinski definition) is 4. The maximum atomic E-state index is 12.1. The summed E-state index contributed by atoms with van der Waals surface area (Å²) in [5.41, 5.74) is 0. The number of carbonyl (C=O) groups is 1. The van der Waals surface area contributed by atoms with Crippen molar-refractivity contribution in [3.8, 4) is 0 Å². The SMILES string of the molecule is CC(C)N(CC(=O)NCC1CCCO1)CC1CCCNC1. The van der Waals surface area contributed by atoms with Crippen molar-refractivity contribution in [1.82, 2.24) is 15.5 Å². The topological polar surface area (TPSA) is 53.6 Å². The first-order valence-corrected chi connectivity index (χ1v) is 8.48. The molecule has 1 amide bonds. The number of ether oxygens (including phenoxy) is 1. The minimum Gasteiger partial charge on any atom is -0.376 e. The molecule has 2 saturated heterocycles. The summed E-state index contributed by atoms with van der Waals surface area (Å²) in [5.74, 6) is 0.801. The summed E-state index contributed by atoms with van der Waals surface area (Å²) in [5, 5.41) is 6.48. The molecular weight excluding hydrogens is 266 g/mol. The van der Waals surface area contributed by atoms with Gasteiger partial charge in [0.25, 0.3) is 0 Å².